The van der Waals surface area contributed by atoms with Crippen molar-refractivity contribution >= 4 is 0 Å². The predicted octanol–water partition coefficient (Wildman–Crippen LogP) is 4.89. The average molecular weight is 240 g/mol. The van der Waals surface area contributed by atoms with Gasteiger partial charge in [0.1, 0.15) is 0 Å². The molecule has 96 valence electrons. The molecule has 0 amide bonds. The highest BCUT2D eigenvalue weighted by molar-refractivity contribution is 5.53. The van der Waals surface area contributed by atoms with Crippen LogP contribution in [0.5, 0.6) is 0 Å². The van der Waals surface area contributed by atoms with Crippen LogP contribution < -0.4 is 0 Å². The molecule has 4 rings (SSSR count). The van der Waals surface area contributed by atoms with Gasteiger partial charge in [-0.2, -0.15) is 0 Å². The topological polar surface area (TPSA) is 0 Å². The molecule has 4 atom stereocenters. The summed E-state index contributed by atoms with van der Waals surface area (Å²) in [5, 5.41) is 0. The summed E-state index contributed by atoms with van der Waals surface area (Å²) in [4.78, 5) is 0. The van der Waals surface area contributed by atoms with Crippen molar-refractivity contribution in [1.29, 1.82) is 0 Å². The smallest absolute Gasteiger partial charge is 0.0107 e. The molecule has 0 aromatic carbocycles. The van der Waals surface area contributed by atoms with E-state index in [4.69, 9.17) is 0 Å². The second-order valence-corrected chi connectivity index (χ2v) is 7.70. The summed E-state index contributed by atoms with van der Waals surface area (Å²) >= 11 is 0. The summed E-state index contributed by atoms with van der Waals surface area (Å²) in [7, 11) is 0. The number of allylic oxidation sites excluding steroid dienone is 5. The molecule has 0 radical (unpaired) electrons. The van der Waals surface area contributed by atoms with Crippen molar-refractivity contribution in [3.8, 4) is 0 Å². The lowest BCUT2D eigenvalue weighted by molar-refractivity contribution is 0.0725. The molecule has 4 aliphatic carbocycles. The number of hydrogen-bond acceptors (Lipinski definition) is 0. The fraction of sp³-hybridized carbons (Fsp3) is 0.667. The van der Waals surface area contributed by atoms with Gasteiger partial charge in [0.2, 0.25) is 0 Å². The summed E-state index contributed by atoms with van der Waals surface area (Å²) in [5.74, 6) is 1.57. The summed E-state index contributed by atoms with van der Waals surface area (Å²) in [6.45, 7) is 11.9. The van der Waals surface area contributed by atoms with Crippen LogP contribution in [0.3, 0.4) is 0 Å². The van der Waals surface area contributed by atoms with E-state index >= 15 is 0 Å². The van der Waals surface area contributed by atoms with Gasteiger partial charge in [-0.25, -0.2) is 0 Å². The van der Waals surface area contributed by atoms with Gasteiger partial charge < -0.3 is 0 Å². The molecule has 18 heavy (non-hydrogen) atoms. The van der Waals surface area contributed by atoms with Crippen molar-refractivity contribution in [2.24, 2.45) is 28.1 Å². The quantitative estimate of drug-likeness (QED) is 0.529. The maximum absolute atomic E-state index is 4.39. The number of rotatable bonds is 0. The first-order valence-electron chi connectivity index (χ1n) is 7.54. The monoisotopic (exact) mass is 240 g/mol. The van der Waals surface area contributed by atoms with Crippen LogP contribution in [0.2, 0.25) is 0 Å². The summed E-state index contributed by atoms with van der Waals surface area (Å²) in [6.07, 6.45) is 13.0. The van der Waals surface area contributed by atoms with Crippen molar-refractivity contribution in [2.45, 2.75) is 46.5 Å². The molecular formula is C18H24. The summed E-state index contributed by atoms with van der Waals surface area (Å²) in [5.41, 5.74) is 4.35. The van der Waals surface area contributed by atoms with Crippen LogP contribution >= 0.6 is 0 Å². The van der Waals surface area contributed by atoms with Crippen LogP contribution in [0, 0.1) is 28.1 Å². The van der Waals surface area contributed by atoms with Gasteiger partial charge in [-0.1, -0.05) is 56.7 Å². The Kier molecular flexibility index (Phi) is 1.76. The van der Waals surface area contributed by atoms with E-state index in [0.29, 0.717) is 22.2 Å². The Hall–Kier alpha value is -0.780. The first kappa shape index (κ1) is 11.1. The van der Waals surface area contributed by atoms with E-state index in [1.54, 1.807) is 5.57 Å². The van der Waals surface area contributed by atoms with E-state index < -0.39 is 0 Å². The Morgan fingerprint density at radius 3 is 2.83 bits per heavy atom. The van der Waals surface area contributed by atoms with Gasteiger partial charge in [-0.15, -0.1) is 0 Å². The Morgan fingerprint density at radius 2 is 2.06 bits per heavy atom. The van der Waals surface area contributed by atoms with Crippen LogP contribution in [-0.2, 0) is 0 Å². The average Bonchev–Trinajstić information content (AvgIpc) is 2.80. The van der Waals surface area contributed by atoms with Crippen LogP contribution in [0.4, 0.5) is 0 Å². The van der Waals surface area contributed by atoms with Crippen LogP contribution in [0.15, 0.2) is 36.0 Å². The lowest BCUT2D eigenvalue weighted by Crippen LogP contribution is -2.46. The van der Waals surface area contributed by atoms with Gasteiger partial charge in [-0.05, 0) is 42.9 Å². The van der Waals surface area contributed by atoms with Gasteiger partial charge in [0.15, 0.2) is 0 Å². The lowest BCUT2D eigenvalue weighted by atomic mass is 9.50. The second-order valence-electron chi connectivity index (χ2n) is 7.70. The molecule has 0 saturated heterocycles. The Labute approximate surface area is 111 Å². The van der Waals surface area contributed by atoms with Crippen LogP contribution in [0.1, 0.15) is 46.5 Å². The summed E-state index contributed by atoms with van der Waals surface area (Å²) < 4.78 is 0. The minimum absolute atomic E-state index is 0.393. The Morgan fingerprint density at radius 1 is 1.28 bits per heavy atom. The molecule has 0 aliphatic heterocycles. The molecule has 0 nitrogen and oxygen atoms in total. The van der Waals surface area contributed by atoms with Gasteiger partial charge in [0.25, 0.3) is 0 Å². The van der Waals surface area contributed by atoms with Crippen molar-refractivity contribution in [1.82, 2.24) is 0 Å². The third-order valence-electron chi connectivity index (χ3n) is 7.03. The second kappa shape index (κ2) is 2.86. The molecule has 0 aromatic heterocycles. The van der Waals surface area contributed by atoms with E-state index in [0.717, 1.165) is 5.92 Å². The van der Waals surface area contributed by atoms with Crippen molar-refractivity contribution < 1.29 is 0 Å². The molecule has 0 unspecified atom stereocenters. The van der Waals surface area contributed by atoms with Crippen LogP contribution in [-0.4, -0.2) is 0 Å². The third-order valence-corrected chi connectivity index (χ3v) is 7.03. The molecule has 0 N–H and O–H groups in total. The fourth-order valence-corrected chi connectivity index (χ4v) is 6.26. The Bertz CT molecular complexity index is 504. The van der Waals surface area contributed by atoms with Crippen LogP contribution in [0.25, 0.3) is 0 Å². The molecule has 2 fully saturated rings. The van der Waals surface area contributed by atoms with E-state index in [2.05, 4.69) is 45.6 Å². The molecule has 0 heterocycles. The fourth-order valence-electron chi connectivity index (χ4n) is 6.26. The standard InChI is InChI=1S/C18H24/c1-12-11-14-8-5-7-13-9-6-10-18(17(13,14)4)15(12)16(18,2)3/h6,10-11,13,15H,1,5,7-9H2,2-4H3/t13-,15+,17-,18+/m1/s1. The van der Waals surface area contributed by atoms with Crippen molar-refractivity contribution in [3.05, 3.63) is 36.0 Å². The highest BCUT2D eigenvalue weighted by Gasteiger charge is 2.80. The minimum Gasteiger partial charge on any atom is -0.0955 e. The highest BCUT2D eigenvalue weighted by atomic mass is 14.8. The SMILES string of the molecule is C=C1C=C2CCC[C@@H]3CC=C[C@@]4([C@@H]1C4(C)C)[C@@]23C. The van der Waals surface area contributed by atoms with E-state index in [9.17, 15) is 0 Å². The van der Waals surface area contributed by atoms with Gasteiger partial charge in [0, 0.05) is 10.8 Å². The first-order valence-corrected chi connectivity index (χ1v) is 7.54. The number of hydrogen-bond donors (Lipinski definition) is 0. The maximum Gasteiger partial charge on any atom is 0.0107 e. The van der Waals surface area contributed by atoms with Gasteiger partial charge >= 0.3 is 0 Å². The molecule has 0 aromatic rings. The third kappa shape index (κ3) is 0.849. The minimum atomic E-state index is 0.393. The maximum atomic E-state index is 4.39. The molecule has 4 aliphatic rings. The van der Waals surface area contributed by atoms with E-state index in [1.807, 2.05) is 0 Å². The highest BCUT2D eigenvalue weighted by Crippen LogP contribution is 2.85. The zero-order valence-corrected chi connectivity index (χ0v) is 11.9. The molecular weight excluding hydrogens is 216 g/mol. The predicted molar refractivity (Wildman–Crippen MR) is 76.1 cm³/mol. The zero-order valence-electron chi connectivity index (χ0n) is 11.9. The first-order chi connectivity index (χ1) is 8.46. The largest absolute Gasteiger partial charge is 0.0955 e. The van der Waals surface area contributed by atoms with E-state index in [1.165, 1.54) is 31.3 Å². The van der Waals surface area contributed by atoms with Gasteiger partial charge in [0.05, 0.1) is 0 Å². The van der Waals surface area contributed by atoms with Crippen molar-refractivity contribution in [2.75, 3.05) is 0 Å². The Balaban J connectivity index is 2.00. The zero-order chi connectivity index (χ0) is 12.8. The normalized spacial score (nSPS) is 51.3. The van der Waals surface area contributed by atoms with Crippen molar-refractivity contribution in [3.63, 3.8) is 0 Å². The lowest BCUT2D eigenvalue weighted by Gasteiger charge is -2.54. The van der Waals surface area contributed by atoms with Gasteiger partial charge in [-0.3, -0.25) is 0 Å². The molecule has 2 saturated carbocycles. The molecule has 0 heteroatoms. The summed E-state index contributed by atoms with van der Waals surface area (Å²) in [6, 6.07) is 0. The molecule has 0 bridgehead atoms. The molecule has 1 spiro atoms. The van der Waals surface area contributed by atoms with E-state index in [-0.39, 0.29) is 0 Å².